The summed E-state index contributed by atoms with van der Waals surface area (Å²) in [5, 5.41) is 2.73. The normalized spacial score (nSPS) is 11.5. The number of carbonyl (C=O) groups excluding carboxylic acids is 2. The molecule has 0 spiro atoms. The molecule has 1 amide bonds. The SMILES string of the molecule is C[C@@H](NC(=O)COC(=O)COc1ccccc1F)c1ccccc1Br. The fourth-order valence-electron chi connectivity index (χ4n) is 2.07. The monoisotopic (exact) mass is 409 g/mol. The van der Waals surface area contributed by atoms with Crippen molar-refractivity contribution >= 4 is 27.8 Å². The summed E-state index contributed by atoms with van der Waals surface area (Å²) in [5.74, 6) is -1.82. The van der Waals surface area contributed by atoms with Crippen LogP contribution in [0.2, 0.25) is 0 Å². The Kier molecular flexibility index (Phi) is 6.94. The van der Waals surface area contributed by atoms with Crippen LogP contribution in [0.4, 0.5) is 4.39 Å². The molecule has 0 aliphatic heterocycles. The molecule has 1 N–H and O–H groups in total. The predicted octanol–water partition coefficient (Wildman–Crippen LogP) is 3.39. The standard InChI is InChI=1S/C18H17BrFNO4/c1-12(13-6-2-3-7-14(13)19)21-17(22)10-25-18(23)11-24-16-9-5-4-8-15(16)20/h2-9,12H,10-11H2,1H3,(H,21,22)/t12-/m1/s1. The Bertz CT molecular complexity index is 753. The molecular formula is C18H17BrFNO4. The molecule has 0 radical (unpaired) electrons. The number of benzene rings is 2. The third kappa shape index (κ3) is 5.86. The van der Waals surface area contributed by atoms with E-state index in [0.717, 1.165) is 10.0 Å². The van der Waals surface area contributed by atoms with Crippen LogP contribution in [0.1, 0.15) is 18.5 Å². The van der Waals surface area contributed by atoms with Gasteiger partial charge in [-0.15, -0.1) is 0 Å². The summed E-state index contributed by atoms with van der Waals surface area (Å²) >= 11 is 3.41. The van der Waals surface area contributed by atoms with Crippen molar-refractivity contribution in [3.63, 3.8) is 0 Å². The second kappa shape index (κ2) is 9.17. The van der Waals surface area contributed by atoms with Crippen molar-refractivity contribution in [1.29, 1.82) is 0 Å². The molecule has 5 nitrogen and oxygen atoms in total. The molecular weight excluding hydrogens is 393 g/mol. The van der Waals surface area contributed by atoms with Crippen LogP contribution >= 0.6 is 15.9 Å². The van der Waals surface area contributed by atoms with Gasteiger partial charge in [-0.25, -0.2) is 9.18 Å². The first-order chi connectivity index (χ1) is 12.0. The van der Waals surface area contributed by atoms with Crippen LogP contribution in [0.15, 0.2) is 53.0 Å². The van der Waals surface area contributed by atoms with Crippen LogP contribution in [0.3, 0.4) is 0 Å². The Morgan fingerprint density at radius 2 is 1.80 bits per heavy atom. The van der Waals surface area contributed by atoms with Gasteiger partial charge in [0, 0.05) is 4.47 Å². The van der Waals surface area contributed by atoms with Crippen LogP contribution in [0.5, 0.6) is 5.75 Å². The van der Waals surface area contributed by atoms with E-state index in [1.165, 1.54) is 18.2 Å². The van der Waals surface area contributed by atoms with E-state index < -0.39 is 30.9 Å². The van der Waals surface area contributed by atoms with Crippen LogP contribution in [0.25, 0.3) is 0 Å². The lowest BCUT2D eigenvalue weighted by molar-refractivity contribution is -0.150. The Hall–Kier alpha value is -2.41. The second-order valence-corrected chi connectivity index (χ2v) is 6.04. The summed E-state index contributed by atoms with van der Waals surface area (Å²) in [7, 11) is 0. The molecule has 7 heteroatoms. The van der Waals surface area contributed by atoms with Crippen molar-refractivity contribution < 1.29 is 23.5 Å². The molecule has 0 heterocycles. The minimum atomic E-state index is -0.757. The van der Waals surface area contributed by atoms with Crippen LogP contribution < -0.4 is 10.1 Å². The number of halogens is 2. The Balaban J connectivity index is 1.75. The van der Waals surface area contributed by atoms with E-state index in [1.54, 1.807) is 6.07 Å². The minimum absolute atomic E-state index is 0.0496. The first kappa shape index (κ1) is 18.9. The van der Waals surface area contributed by atoms with Gasteiger partial charge in [0.2, 0.25) is 0 Å². The van der Waals surface area contributed by atoms with Crippen LogP contribution in [0, 0.1) is 5.82 Å². The molecule has 25 heavy (non-hydrogen) atoms. The van der Waals surface area contributed by atoms with E-state index in [9.17, 15) is 14.0 Å². The summed E-state index contributed by atoms with van der Waals surface area (Å²) in [6, 6.07) is 12.9. The average Bonchev–Trinajstić information content (AvgIpc) is 2.59. The van der Waals surface area contributed by atoms with Crippen molar-refractivity contribution in [2.24, 2.45) is 0 Å². The van der Waals surface area contributed by atoms with E-state index in [0.29, 0.717) is 0 Å². The molecule has 0 aliphatic rings. The number of hydrogen-bond donors (Lipinski definition) is 1. The van der Waals surface area contributed by atoms with Gasteiger partial charge in [-0.1, -0.05) is 46.3 Å². The lowest BCUT2D eigenvalue weighted by atomic mass is 10.1. The maximum Gasteiger partial charge on any atom is 0.344 e. The fourth-order valence-corrected chi connectivity index (χ4v) is 2.70. The molecule has 0 aliphatic carbocycles. The molecule has 1 atom stereocenters. The molecule has 0 bridgehead atoms. The van der Waals surface area contributed by atoms with Gasteiger partial charge < -0.3 is 14.8 Å². The average molecular weight is 410 g/mol. The minimum Gasteiger partial charge on any atom is -0.479 e. The maximum atomic E-state index is 13.3. The summed E-state index contributed by atoms with van der Waals surface area (Å²) < 4.78 is 24.1. The topological polar surface area (TPSA) is 64.6 Å². The van der Waals surface area contributed by atoms with Gasteiger partial charge in [-0.3, -0.25) is 4.79 Å². The van der Waals surface area contributed by atoms with E-state index in [1.807, 2.05) is 31.2 Å². The van der Waals surface area contributed by atoms with Gasteiger partial charge in [-0.05, 0) is 30.7 Å². The van der Waals surface area contributed by atoms with Gasteiger partial charge in [-0.2, -0.15) is 0 Å². The van der Waals surface area contributed by atoms with E-state index in [2.05, 4.69) is 21.2 Å². The van der Waals surface area contributed by atoms with Gasteiger partial charge in [0.1, 0.15) is 0 Å². The Labute approximate surface area is 153 Å². The van der Waals surface area contributed by atoms with Crippen LogP contribution in [-0.4, -0.2) is 25.1 Å². The summed E-state index contributed by atoms with van der Waals surface area (Å²) in [4.78, 5) is 23.5. The number of nitrogens with one attached hydrogen (secondary N) is 1. The Morgan fingerprint density at radius 3 is 2.52 bits per heavy atom. The molecule has 0 aromatic heterocycles. The second-order valence-electron chi connectivity index (χ2n) is 5.19. The summed E-state index contributed by atoms with van der Waals surface area (Å²) in [6.45, 7) is 0.906. The van der Waals surface area contributed by atoms with Crippen molar-refractivity contribution in [2.45, 2.75) is 13.0 Å². The van der Waals surface area contributed by atoms with Crippen molar-refractivity contribution in [1.82, 2.24) is 5.32 Å². The fraction of sp³-hybridized carbons (Fsp3) is 0.222. The zero-order chi connectivity index (χ0) is 18.2. The third-order valence-corrected chi connectivity index (χ3v) is 4.02. The number of carbonyl (C=O) groups is 2. The largest absolute Gasteiger partial charge is 0.479 e. The van der Waals surface area contributed by atoms with Crippen molar-refractivity contribution in [3.8, 4) is 5.75 Å². The number of rotatable bonds is 7. The van der Waals surface area contributed by atoms with Crippen molar-refractivity contribution in [2.75, 3.05) is 13.2 Å². The zero-order valence-corrected chi connectivity index (χ0v) is 15.1. The number of para-hydroxylation sites is 1. The predicted molar refractivity (Wildman–Crippen MR) is 93.6 cm³/mol. The number of amides is 1. The van der Waals surface area contributed by atoms with Crippen molar-refractivity contribution in [3.05, 3.63) is 64.4 Å². The summed E-state index contributed by atoms with van der Waals surface area (Å²) in [6.07, 6.45) is 0. The van der Waals surface area contributed by atoms with Gasteiger partial charge in [0.15, 0.2) is 24.8 Å². The highest BCUT2D eigenvalue weighted by atomic mass is 79.9. The van der Waals surface area contributed by atoms with Gasteiger partial charge in [0.05, 0.1) is 6.04 Å². The highest BCUT2D eigenvalue weighted by Gasteiger charge is 2.14. The smallest absolute Gasteiger partial charge is 0.344 e. The lowest BCUT2D eigenvalue weighted by Crippen LogP contribution is -2.32. The molecule has 2 aromatic rings. The highest BCUT2D eigenvalue weighted by molar-refractivity contribution is 9.10. The summed E-state index contributed by atoms with van der Waals surface area (Å²) in [5.41, 5.74) is 0.907. The lowest BCUT2D eigenvalue weighted by Gasteiger charge is -2.16. The number of hydrogen-bond acceptors (Lipinski definition) is 4. The molecule has 2 aromatic carbocycles. The van der Waals surface area contributed by atoms with E-state index >= 15 is 0 Å². The first-order valence-electron chi connectivity index (χ1n) is 7.54. The molecule has 0 unspecified atom stereocenters. The molecule has 0 saturated carbocycles. The highest BCUT2D eigenvalue weighted by Crippen LogP contribution is 2.22. The molecule has 0 fully saturated rings. The quantitative estimate of drug-likeness (QED) is 0.711. The molecule has 2 rings (SSSR count). The van der Waals surface area contributed by atoms with Gasteiger partial charge >= 0.3 is 5.97 Å². The maximum absolute atomic E-state index is 13.3. The number of ether oxygens (including phenoxy) is 2. The van der Waals surface area contributed by atoms with E-state index in [4.69, 9.17) is 9.47 Å². The van der Waals surface area contributed by atoms with E-state index in [-0.39, 0.29) is 11.8 Å². The first-order valence-corrected chi connectivity index (χ1v) is 8.33. The third-order valence-electron chi connectivity index (χ3n) is 3.30. The number of esters is 1. The molecule has 0 saturated heterocycles. The molecule has 132 valence electrons. The Morgan fingerprint density at radius 1 is 1.12 bits per heavy atom. The van der Waals surface area contributed by atoms with Gasteiger partial charge in [0.25, 0.3) is 5.91 Å². The zero-order valence-electron chi connectivity index (χ0n) is 13.5. The van der Waals surface area contributed by atoms with Crippen LogP contribution in [-0.2, 0) is 14.3 Å².